The zero-order valence-corrected chi connectivity index (χ0v) is 12.4. The first-order chi connectivity index (χ1) is 9.70. The zero-order valence-electron chi connectivity index (χ0n) is 11.6. The van der Waals surface area contributed by atoms with E-state index in [1.807, 2.05) is 25.1 Å². The van der Waals surface area contributed by atoms with Crippen molar-refractivity contribution in [2.75, 3.05) is 19.8 Å². The highest BCUT2D eigenvalue weighted by molar-refractivity contribution is 6.32. The molecule has 0 radical (unpaired) electrons. The lowest BCUT2D eigenvalue weighted by Crippen LogP contribution is -2.38. The molecular formula is C15H20ClNO3. The van der Waals surface area contributed by atoms with Crippen molar-refractivity contribution in [3.05, 3.63) is 29.3 Å². The number of halogens is 1. The van der Waals surface area contributed by atoms with E-state index >= 15 is 0 Å². The summed E-state index contributed by atoms with van der Waals surface area (Å²) in [5.74, 6) is 0.677. The van der Waals surface area contributed by atoms with E-state index in [1.54, 1.807) is 6.07 Å². The Labute approximate surface area is 124 Å². The summed E-state index contributed by atoms with van der Waals surface area (Å²) in [7, 11) is 0. The highest BCUT2D eigenvalue weighted by Crippen LogP contribution is 2.24. The van der Waals surface area contributed by atoms with Crippen LogP contribution in [-0.4, -0.2) is 31.8 Å². The van der Waals surface area contributed by atoms with E-state index in [1.165, 1.54) is 0 Å². The van der Waals surface area contributed by atoms with Gasteiger partial charge in [0.15, 0.2) is 0 Å². The molecular weight excluding hydrogens is 278 g/mol. The number of benzene rings is 1. The number of ether oxygens (including phenoxy) is 2. The summed E-state index contributed by atoms with van der Waals surface area (Å²) < 4.78 is 11.0. The molecule has 1 amide bonds. The standard InChI is InChI=1S/C15H20ClNO3/c1-2-12(20-14-6-4-3-5-13(14)16)9-17-15(18)11-7-8-19-10-11/h3-6,11-12H,2,7-10H2,1H3,(H,17,18)/t11-,12-/m0/s1. The van der Waals surface area contributed by atoms with Gasteiger partial charge < -0.3 is 14.8 Å². The number of hydrogen-bond donors (Lipinski definition) is 1. The molecule has 1 aliphatic heterocycles. The number of nitrogens with one attached hydrogen (secondary N) is 1. The molecule has 2 atom stereocenters. The lowest BCUT2D eigenvalue weighted by Gasteiger charge is -2.19. The van der Waals surface area contributed by atoms with E-state index < -0.39 is 0 Å². The van der Waals surface area contributed by atoms with Crippen LogP contribution >= 0.6 is 11.6 Å². The largest absolute Gasteiger partial charge is 0.487 e. The molecule has 5 heteroatoms. The minimum absolute atomic E-state index is 0.0205. The Bertz CT molecular complexity index is 446. The summed E-state index contributed by atoms with van der Waals surface area (Å²) in [5.41, 5.74) is 0. The molecule has 1 heterocycles. The van der Waals surface area contributed by atoms with Crippen LogP contribution in [-0.2, 0) is 9.53 Å². The number of carbonyl (C=O) groups is 1. The fraction of sp³-hybridized carbons (Fsp3) is 0.533. The topological polar surface area (TPSA) is 47.6 Å². The van der Waals surface area contributed by atoms with Gasteiger partial charge in [0.05, 0.1) is 24.1 Å². The average molecular weight is 298 g/mol. The van der Waals surface area contributed by atoms with Crippen LogP contribution in [0.15, 0.2) is 24.3 Å². The molecule has 1 aliphatic rings. The van der Waals surface area contributed by atoms with Crippen molar-refractivity contribution in [2.45, 2.75) is 25.9 Å². The molecule has 110 valence electrons. The van der Waals surface area contributed by atoms with Gasteiger partial charge in [-0.3, -0.25) is 4.79 Å². The fourth-order valence-corrected chi connectivity index (χ4v) is 2.27. The van der Waals surface area contributed by atoms with Gasteiger partial charge in [-0.05, 0) is 25.0 Å². The van der Waals surface area contributed by atoms with Crippen molar-refractivity contribution in [3.8, 4) is 5.75 Å². The fourth-order valence-electron chi connectivity index (χ4n) is 2.09. The molecule has 0 aromatic heterocycles. The van der Waals surface area contributed by atoms with Crippen LogP contribution in [0.5, 0.6) is 5.75 Å². The van der Waals surface area contributed by atoms with Crippen LogP contribution in [0.25, 0.3) is 0 Å². The molecule has 0 bridgehead atoms. The predicted molar refractivity (Wildman–Crippen MR) is 78.1 cm³/mol. The number of rotatable bonds is 6. The van der Waals surface area contributed by atoms with Crippen LogP contribution in [0.3, 0.4) is 0 Å². The first-order valence-electron chi connectivity index (χ1n) is 6.97. The predicted octanol–water partition coefficient (Wildman–Crippen LogP) is 2.65. The first kappa shape index (κ1) is 15.1. The minimum atomic E-state index is -0.0822. The molecule has 4 nitrogen and oxygen atoms in total. The third-order valence-electron chi connectivity index (χ3n) is 3.39. The summed E-state index contributed by atoms with van der Waals surface area (Å²) in [6.45, 7) is 3.70. The van der Waals surface area contributed by atoms with Crippen LogP contribution in [0.2, 0.25) is 5.02 Å². The maximum absolute atomic E-state index is 11.9. The van der Waals surface area contributed by atoms with Gasteiger partial charge in [0.1, 0.15) is 11.9 Å². The molecule has 0 aliphatic carbocycles. The highest BCUT2D eigenvalue weighted by Gasteiger charge is 2.24. The van der Waals surface area contributed by atoms with Crippen molar-refractivity contribution in [3.63, 3.8) is 0 Å². The second-order valence-electron chi connectivity index (χ2n) is 4.88. The normalized spacial score (nSPS) is 19.6. The lowest BCUT2D eigenvalue weighted by atomic mass is 10.1. The molecule has 0 unspecified atom stereocenters. The van der Waals surface area contributed by atoms with Crippen molar-refractivity contribution in [1.29, 1.82) is 0 Å². The third kappa shape index (κ3) is 4.12. The number of hydrogen-bond acceptors (Lipinski definition) is 3. The van der Waals surface area contributed by atoms with Gasteiger partial charge in [-0.25, -0.2) is 0 Å². The van der Waals surface area contributed by atoms with Gasteiger partial charge in [0.25, 0.3) is 0 Å². The van der Waals surface area contributed by atoms with E-state index in [9.17, 15) is 4.79 Å². The lowest BCUT2D eigenvalue weighted by molar-refractivity contribution is -0.125. The summed E-state index contributed by atoms with van der Waals surface area (Å²) in [4.78, 5) is 11.9. The van der Waals surface area contributed by atoms with E-state index in [-0.39, 0.29) is 17.9 Å². The Morgan fingerprint density at radius 3 is 3.00 bits per heavy atom. The maximum atomic E-state index is 11.9. The Hall–Kier alpha value is -1.26. The van der Waals surface area contributed by atoms with Gasteiger partial charge in [0, 0.05) is 6.61 Å². The number of amides is 1. The van der Waals surface area contributed by atoms with E-state index in [0.717, 1.165) is 12.8 Å². The Morgan fingerprint density at radius 2 is 2.35 bits per heavy atom. The summed E-state index contributed by atoms with van der Waals surface area (Å²) in [5, 5.41) is 3.51. The van der Waals surface area contributed by atoms with Gasteiger partial charge in [0.2, 0.25) is 5.91 Å². The van der Waals surface area contributed by atoms with Crippen molar-refractivity contribution in [2.24, 2.45) is 5.92 Å². The van der Waals surface area contributed by atoms with Crippen LogP contribution in [0, 0.1) is 5.92 Å². The third-order valence-corrected chi connectivity index (χ3v) is 3.70. The van der Waals surface area contributed by atoms with Crippen LogP contribution in [0.4, 0.5) is 0 Å². The molecule has 1 N–H and O–H groups in total. The van der Waals surface area contributed by atoms with Gasteiger partial charge >= 0.3 is 0 Å². The second kappa shape index (κ2) is 7.50. The average Bonchev–Trinajstić information content (AvgIpc) is 2.99. The van der Waals surface area contributed by atoms with Crippen molar-refractivity contribution < 1.29 is 14.3 Å². The monoisotopic (exact) mass is 297 g/mol. The summed E-state index contributed by atoms with van der Waals surface area (Å²) >= 11 is 6.06. The Kier molecular flexibility index (Phi) is 5.68. The maximum Gasteiger partial charge on any atom is 0.225 e. The number of para-hydroxylation sites is 1. The molecule has 2 rings (SSSR count). The van der Waals surface area contributed by atoms with Crippen LogP contribution < -0.4 is 10.1 Å². The Morgan fingerprint density at radius 1 is 1.55 bits per heavy atom. The Balaban J connectivity index is 1.83. The van der Waals surface area contributed by atoms with Gasteiger partial charge in [-0.15, -0.1) is 0 Å². The van der Waals surface area contributed by atoms with Crippen molar-refractivity contribution in [1.82, 2.24) is 5.32 Å². The molecule has 1 saturated heterocycles. The zero-order chi connectivity index (χ0) is 14.4. The molecule has 1 fully saturated rings. The smallest absolute Gasteiger partial charge is 0.225 e. The molecule has 0 saturated carbocycles. The molecule has 1 aromatic carbocycles. The quantitative estimate of drug-likeness (QED) is 0.878. The van der Waals surface area contributed by atoms with Crippen molar-refractivity contribution >= 4 is 17.5 Å². The summed E-state index contributed by atoms with van der Waals surface area (Å²) in [6, 6.07) is 7.36. The SMILES string of the molecule is CC[C@@H](CNC(=O)[C@H]1CCOC1)Oc1ccccc1Cl. The minimum Gasteiger partial charge on any atom is -0.487 e. The van der Waals surface area contributed by atoms with E-state index in [2.05, 4.69) is 5.32 Å². The van der Waals surface area contributed by atoms with E-state index in [4.69, 9.17) is 21.1 Å². The van der Waals surface area contributed by atoms with E-state index in [0.29, 0.717) is 30.5 Å². The molecule has 0 spiro atoms. The molecule has 1 aromatic rings. The molecule has 20 heavy (non-hydrogen) atoms. The van der Waals surface area contributed by atoms with Gasteiger partial charge in [-0.1, -0.05) is 30.7 Å². The van der Waals surface area contributed by atoms with Crippen LogP contribution in [0.1, 0.15) is 19.8 Å². The second-order valence-corrected chi connectivity index (χ2v) is 5.29. The number of carbonyl (C=O) groups excluding carboxylic acids is 1. The summed E-state index contributed by atoms with van der Waals surface area (Å²) in [6.07, 6.45) is 1.52. The van der Waals surface area contributed by atoms with Gasteiger partial charge in [-0.2, -0.15) is 0 Å². The first-order valence-corrected chi connectivity index (χ1v) is 7.35. The highest BCUT2D eigenvalue weighted by atomic mass is 35.5.